The zero-order valence-electron chi connectivity index (χ0n) is 12.8. The van der Waals surface area contributed by atoms with Gasteiger partial charge in [-0.2, -0.15) is 0 Å². The van der Waals surface area contributed by atoms with Gasteiger partial charge in [-0.05, 0) is 32.4 Å². The van der Waals surface area contributed by atoms with Gasteiger partial charge >= 0.3 is 6.03 Å². The molecule has 6 heteroatoms. The van der Waals surface area contributed by atoms with Gasteiger partial charge in [0.05, 0.1) is 5.92 Å². The number of aromatic nitrogens is 2. The first kappa shape index (κ1) is 14.6. The molecule has 2 heterocycles. The molecule has 1 aliphatic rings. The van der Waals surface area contributed by atoms with Crippen LogP contribution >= 0.6 is 0 Å². The number of urea groups is 1. The maximum absolute atomic E-state index is 12.0. The van der Waals surface area contributed by atoms with Gasteiger partial charge in [0.25, 0.3) is 0 Å². The average molecular weight is 300 g/mol. The second-order valence-corrected chi connectivity index (χ2v) is 5.85. The molecule has 1 atom stereocenters. The Bertz CT molecular complexity index is 639. The van der Waals surface area contributed by atoms with Crippen LogP contribution in [0.25, 0.3) is 11.5 Å². The van der Waals surface area contributed by atoms with Crippen LogP contribution in [0.4, 0.5) is 4.79 Å². The van der Waals surface area contributed by atoms with Gasteiger partial charge in [-0.25, -0.2) is 4.79 Å². The summed E-state index contributed by atoms with van der Waals surface area (Å²) in [5.74, 6) is 1.25. The first-order valence-electron chi connectivity index (χ1n) is 7.57. The van der Waals surface area contributed by atoms with Gasteiger partial charge in [0.15, 0.2) is 0 Å². The zero-order valence-corrected chi connectivity index (χ0v) is 12.8. The first-order valence-corrected chi connectivity index (χ1v) is 7.57. The number of amides is 2. The topological polar surface area (TPSA) is 71.3 Å². The Kier molecular flexibility index (Phi) is 4.09. The van der Waals surface area contributed by atoms with Crippen molar-refractivity contribution in [3.8, 4) is 11.5 Å². The number of benzene rings is 1. The lowest BCUT2D eigenvalue weighted by molar-refractivity contribution is 0.205. The van der Waals surface area contributed by atoms with Gasteiger partial charge in [-0.1, -0.05) is 18.2 Å². The van der Waals surface area contributed by atoms with E-state index in [4.69, 9.17) is 4.42 Å². The highest BCUT2D eigenvalue weighted by Crippen LogP contribution is 2.28. The van der Waals surface area contributed by atoms with Gasteiger partial charge in [-0.15, -0.1) is 10.2 Å². The number of hydrogen-bond acceptors (Lipinski definition) is 4. The van der Waals surface area contributed by atoms with Crippen molar-refractivity contribution in [3.05, 3.63) is 36.2 Å². The van der Waals surface area contributed by atoms with Crippen molar-refractivity contribution in [2.45, 2.75) is 32.2 Å². The van der Waals surface area contributed by atoms with Gasteiger partial charge in [-0.3, -0.25) is 0 Å². The molecular formula is C16H20N4O2. The summed E-state index contributed by atoms with van der Waals surface area (Å²) < 4.78 is 5.78. The fourth-order valence-electron chi connectivity index (χ4n) is 2.58. The van der Waals surface area contributed by atoms with E-state index in [1.165, 1.54) is 0 Å². The van der Waals surface area contributed by atoms with Crippen LogP contribution in [0.15, 0.2) is 34.7 Å². The highest BCUT2D eigenvalue weighted by Gasteiger charge is 2.31. The summed E-state index contributed by atoms with van der Waals surface area (Å²) >= 11 is 0. The summed E-state index contributed by atoms with van der Waals surface area (Å²) in [4.78, 5) is 13.8. The molecule has 0 aliphatic carbocycles. The molecule has 3 rings (SSSR count). The molecule has 6 nitrogen and oxygen atoms in total. The normalized spacial score (nSPS) is 18.0. The van der Waals surface area contributed by atoms with Crippen LogP contribution < -0.4 is 5.32 Å². The minimum Gasteiger partial charge on any atom is -0.420 e. The van der Waals surface area contributed by atoms with E-state index >= 15 is 0 Å². The number of carbonyl (C=O) groups excluding carboxylic acids is 1. The molecule has 0 unspecified atom stereocenters. The Hall–Kier alpha value is -2.37. The van der Waals surface area contributed by atoms with Crippen LogP contribution in [0.3, 0.4) is 0 Å². The second kappa shape index (κ2) is 6.17. The van der Waals surface area contributed by atoms with Crippen molar-refractivity contribution in [1.82, 2.24) is 20.4 Å². The Labute approximate surface area is 129 Å². The smallest absolute Gasteiger partial charge is 0.317 e. The molecule has 1 N–H and O–H groups in total. The summed E-state index contributed by atoms with van der Waals surface area (Å²) in [6.07, 6.45) is 0.849. The van der Waals surface area contributed by atoms with Crippen LogP contribution in [0.1, 0.15) is 32.1 Å². The SMILES string of the molecule is CC(C)NC(=O)N1CC[C@H](c2nnc(-c3ccccc3)o2)C1. The molecule has 0 bridgehead atoms. The number of nitrogens with one attached hydrogen (secondary N) is 1. The number of nitrogens with zero attached hydrogens (tertiary/aromatic N) is 3. The first-order chi connectivity index (χ1) is 10.6. The molecule has 1 saturated heterocycles. The fraction of sp³-hybridized carbons (Fsp3) is 0.438. The largest absolute Gasteiger partial charge is 0.420 e. The second-order valence-electron chi connectivity index (χ2n) is 5.85. The minimum absolute atomic E-state index is 0.0275. The number of likely N-dealkylation sites (tertiary alicyclic amines) is 1. The molecule has 2 amide bonds. The van der Waals surface area contributed by atoms with Gasteiger partial charge in [0.2, 0.25) is 11.8 Å². The summed E-state index contributed by atoms with van der Waals surface area (Å²) in [5, 5.41) is 11.2. The third-order valence-corrected chi connectivity index (χ3v) is 3.70. The van der Waals surface area contributed by atoms with Crippen LogP contribution in [0.2, 0.25) is 0 Å². The molecule has 1 aromatic heterocycles. The third-order valence-electron chi connectivity index (χ3n) is 3.70. The Morgan fingerprint density at radius 1 is 1.32 bits per heavy atom. The molecule has 0 saturated carbocycles. The monoisotopic (exact) mass is 300 g/mol. The molecule has 22 heavy (non-hydrogen) atoms. The van der Waals surface area contributed by atoms with Gasteiger partial charge in [0.1, 0.15) is 0 Å². The van der Waals surface area contributed by atoms with E-state index < -0.39 is 0 Å². The number of carbonyl (C=O) groups is 1. The lowest BCUT2D eigenvalue weighted by Crippen LogP contribution is -2.41. The molecule has 0 spiro atoms. The standard InChI is InChI=1S/C16H20N4O2/c1-11(2)17-16(21)20-9-8-13(10-20)15-19-18-14(22-15)12-6-4-3-5-7-12/h3-7,11,13H,8-10H2,1-2H3,(H,17,21)/t13-/m0/s1. The Morgan fingerprint density at radius 2 is 2.09 bits per heavy atom. The third kappa shape index (κ3) is 3.10. The molecule has 1 fully saturated rings. The molecule has 1 aliphatic heterocycles. The van der Waals surface area contributed by atoms with Crippen LogP contribution in [0.5, 0.6) is 0 Å². The maximum atomic E-state index is 12.0. The van der Waals surface area contributed by atoms with Crippen molar-refractivity contribution >= 4 is 6.03 Å². The lowest BCUT2D eigenvalue weighted by Gasteiger charge is -2.18. The van der Waals surface area contributed by atoms with E-state index in [9.17, 15) is 4.79 Å². The van der Waals surface area contributed by atoms with Crippen LogP contribution in [-0.4, -0.2) is 40.3 Å². The fourth-order valence-corrected chi connectivity index (χ4v) is 2.58. The predicted octanol–water partition coefficient (Wildman–Crippen LogP) is 2.64. The van der Waals surface area contributed by atoms with Gasteiger partial charge in [0, 0.05) is 24.7 Å². The Morgan fingerprint density at radius 3 is 2.82 bits per heavy atom. The van der Waals surface area contributed by atoms with Crippen molar-refractivity contribution in [2.24, 2.45) is 0 Å². The van der Waals surface area contributed by atoms with Crippen LogP contribution in [0, 0.1) is 0 Å². The van der Waals surface area contributed by atoms with E-state index in [-0.39, 0.29) is 18.0 Å². The molecule has 2 aromatic rings. The number of rotatable bonds is 3. The molecular weight excluding hydrogens is 280 g/mol. The molecule has 1 aromatic carbocycles. The summed E-state index contributed by atoms with van der Waals surface area (Å²) in [6, 6.07) is 9.81. The van der Waals surface area contributed by atoms with Crippen molar-refractivity contribution in [1.29, 1.82) is 0 Å². The quantitative estimate of drug-likeness (QED) is 0.946. The van der Waals surface area contributed by atoms with Crippen LogP contribution in [-0.2, 0) is 0 Å². The maximum Gasteiger partial charge on any atom is 0.317 e. The van der Waals surface area contributed by atoms with Crippen molar-refractivity contribution in [3.63, 3.8) is 0 Å². The lowest BCUT2D eigenvalue weighted by atomic mass is 10.1. The van der Waals surface area contributed by atoms with E-state index in [1.807, 2.05) is 44.2 Å². The summed E-state index contributed by atoms with van der Waals surface area (Å²) in [6.45, 7) is 5.24. The molecule has 0 radical (unpaired) electrons. The Balaban J connectivity index is 1.67. The van der Waals surface area contributed by atoms with E-state index in [0.717, 1.165) is 12.0 Å². The predicted molar refractivity (Wildman–Crippen MR) is 82.3 cm³/mol. The highest BCUT2D eigenvalue weighted by atomic mass is 16.4. The van der Waals surface area contributed by atoms with E-state index in [1.54, 1.807) is 4.90 Å². The minimum atomic E-state index is -0.0275. The zero-order chi connectivity index (χ0) is 15.5. The number of hydrogen-bond donors (Lipinski definition) is 1. The highest BCUT2D eigenvalue weighted by molar-refractivity contribution is 5.74. The molecule has 116 valence electrons. The van der Waals surface area contributed by atoms with E-state index in [0.29, 0.717) is 24.9 Å². The summed E-state index contributed by atoms with van der Waals surface area (Å²) in [5.41, 5.74) is 0.911. The van der Waals surface area contributed by atoms with Gasteiger partial charge < -0.3 is 14.6 Å². The van der Waals surface area contributed by atoms with E-state index in [2.05, 4.69) is 15.5 Å². The van der Waals surface area contributed by atoms with Crippen molar-refractivity contribution < 1.29 is 9.21 Å². The average Bonchev–Trinajstić information content (AvgIpc) is 3.17. The van der Waals surface area contributed by atoms with Crippen molar-refractivity contribution in [2.75, 3.05) is 13.1 Å². The summed E-state index contributed by atoms with van der Waals surface area (Å²) in [7, 11) is 0.